The van der Waals surface area contributed by atoms with Crippen LogP contribution in [0, 0.1) is 6.92 Å². The van der Waals surface area contributed by atoms with E-state index in [2.05, 4.69) is 24.4 Å². The molecule has 9 heteroatoms. The third kappa shape index (κ3) is 3.71. The van der Waals surface area contributed by atoms with Crippen LogP contribution < -0.4 is 5.32 Å². The highest BCUT2D eigenvalue weighted by atomic mass is 32.1. The van der Waals surface area contributed by atoms with Gasteiger partial charge in [0, 0.05) is 29.1 Å². The molecule has 0 atom stereocenters. The van der Waals surface area contributed by atoms with Gasteiger partial charge in [0.1, 0.15) is 0 Å². The Labute approximate surface area is 188 Å². The number of hydrogen-bond acceptors (Lipinski definition) is 6. The van der Waals surface area contributed by atoms with Crippen LogP contribution in [0.1, 0.15) is 26.5 Å². The van der Waals surface area contributed by atoms with Crippen LogP contribution in [-0.4, -0.2) is 45.2 Å². The maximum Gasteiger partial charge on any atom is 0.337 e. The SMILES string of the molecule is COC(=O)c1cccc(NC(=O)N2CCc3c(sc4nc(-c5ccc(C)cc5)nn34)C2)c1. The quantitative estimate of drug-likeness (QED) is 0.477. The largest absolute Gasteiger partial charge is 0.465 e. The second-order valence-corrected chi connectivity index (χ2v) is 8.70. The molecule has 0 spiro atoms. The highest BCUT2D eigenvalue weighted by Gasteiger charge is 2.26. The van der Waals surface area contributed by atoms with E-state index < -0.39 is 5.97 Å². The summed E-state index contributed by atoms with van der Waals surface area (Å²) >= 11 is 1.56. The Morgan fingerprint density at radius 1 is 1.16 bits per heavy atom. The van der Waals surface area contributed by atoms with E-state index in [4.69, 9.17) is 14.8 Å². The highest BCUT2D eigenvalue weighted by Crippen LogP contribution is 2.30. The second-order valence-electron chi connectivity index (χ2n) is 7.64. The number of thiazole rings is 1. The molecule has 0 saturated heterocycles. The number of aryl methyl sites for hydroxylation is 1. The number of esters is 1. The number of carbonyl (C=O) groups is 2. The van der Waals surface area contributed by atoms with Crippen molar-refractivity contribution in [2.24, 2.45) is 0 Å². The van der Waals surface area contributed by atoms with Crippen molar-refractivity contribution in [2.45, 2.75) is 19.9 Å². The average Bonchev–Trinajstić information content (AvgIpc) is 3.36. The summed E-state index contributed by atoms with van der Waals surface area (Å²) in [5.74, 6) is 0.271. The van der Waals surface area contributed by atoms with Gasteiger partial charge in [-0.05, 0) is 25.1 Å². The minimum Gasteiger partial charge on any atom is -0.465 e. The zero-order chi connectivity index (χ0) is 22.2. The summed E-state index contributed by atoms with van der Waals surface area (Å²) in [6, 6.07) is 14.7. The molecular weight excluding hydrogens is 426 g/mol. The van der Waals surface area contributed by atoms with E-state index in [9.17, 15) is 9.59 Å². The van der Waals surface area contributed by atoms with Gasteiger partial charge in [-0.2, -0.15) is 4.98 Å². The molecule has 0 aliphatic carbocycles. The van der Waals surface area contributed by atoms with Gasteiger partial charge in [0.2, 0.25) is 4.96 Å². The first-order valence-corrected chi connectivity index (χ1v) is 11.0. The first-order valence-electron chi connectivity index (χ1n) is 10.2. The standard InChI is InChI=1S/C23H21N5O3S/c1-14-6-8-15(9-7-14)20-25-23-28(26-20)18-10-11-27(13-19(18)32-23)22(30)24-17-5-3-4-16(12-17)21(29)31-2/h3-9,12H,10-11,13H2,1-2H3,(H,24,30). The molecule has 3 heterocycles. The Morgan fingerprint density at radius 2 is 1.97 bits per heavy atom. The molecule has 1 N–H and O–H groups in total. The minimum atomic E-state index is -0.442. The van der Waals surface area contributed by atoms with Crippen molar-refractivity contribution >= 4 is 34.0 Å². The number of fused-ring (bicyclic) bond motifs is 3. The summed E-state index contributed by atoms with van der Waals surface area (Å²) in [4.78, 5) is 32.9. The molecule has 8 nitrogen and oxygen atoms in total. The van der Waals surface area contributed by atoms with Gasteiger partial charge in [-0.15, -0.1) is 5.10 Å². The second kappa shape index (κ2) is 8.08. The smallest absolute Gasteiger partial charge is 0.337 e. The summed E-state index contributed by atoms with van der Waals surface area (Å²) in [6.07, 6.45) is 0.696. The molecule has 162 valence electrons. The van der Waals surface area contributed by atoms with Crippen LogP contribution in [0.25, 0.3) is 16.3 Å². The molecule has 0 unspecified atom stereocenters. The number of methoxy groups -OCH3 is 1. The van der Waals surface area contributed by atoms with Crippen LogP contribution in [0.15, 0.2) is 48.5 Å². The van der Waals surface area contributed by atoms with Gasteiger partial charge in [0.15, 0.2) is 5.82 Å². The van der Waals surface area contributed by atoms with Gasteiger partial charge in [-0.1, -0.05) is 47.2 Å². The number of amides is 2. The number of rotatable bonds is 3. The topological polar surface area (TPSA) is 88.8 Å². The lowest BCUT2D eigenvalue weighted by molar-refractivity contribution is 0.0600. The fraction of sp³-hybridized carbons (Fsp3) is 0.217. The predicted octanol–water partition coefficient (Wildman–Crippen LogP) is 4.14. The molecule has 4 aromatic rings. The summed E-state index contributed by atoms with van der Waals surface area (Å²) < 4.78 is 6.65. The van der Waals surface area contributed by atoms with Crippen molar-refractivity contribution in [2.75, 3.05) is 19.0 Å². The normalized spacial score (nSPS) is 13.1. The van der Waals surface area contributed by atoms with Gasteiger partial charge in [-0.25, -0.2) is 14.1 Å². The van der Waals surface area contributed by atoms with Crippen LogP contribution in [0.5, 0.6) is 0 Å². The van der Waals surface area contributed by atoms with Crippen LogP contribution >= 0.6 is 11.3 Å². The monoisotopic (exact) mass is 447 g/mol. The van der Waals surface area contributed by atoms with E-state index in [0.29, 0.717) is 36.6 Å². The number of nitrogens with one attached hydrogen (secondary N) is 1. The molecule has 1 aliphatic heterocycles. The number of benzene rings is 2. The Balaban J connectivity index is 1.32. The molecule has 1 aliphatic rings. The van der Waals surface area contributed by atoms with E-state index in [1.54, 1.807) is 40.5 Å². The Kier molecular flexibility index (Phi) is 5.10. The summed E-state index contributed by atoms with van der Waals surface area (Å²) in [5, 5.41) is 7.58. The maximum atomic E-state index is 12.8. The van der Waals surface area contributed by atoms with Gasteiger partial charge >= 0.3 is 12.0 Å². The summed E-state index contributed by atoms with van der Waals surface area (Å²) in [7, 11) is 1.33. The number of ether oxygens (including phenoxy) is 1. The fourth-order valence-corrected chi connectivity index (χ4v) is 4.85. The van der Waals surface area contributed by atoms with E-state index in [1.807, 2.05) is 16.6 Å². The molecule has 2 aromatic carbocycles. The highest BCUT2D eigenvalue weighted by molar-refractivity contribution is 7.17. The number of hydrogen-bond donors (Lipinski definition) is 1. The zero-order valence-electron chi connectivity index (χ0n) is 17.7. The van der Waals surface area contributed by atoms with E-state index >= 15 is 0 Å². The van der Waals surface area contributed by atoms with Crippen molar-refractivity contribution in [3.8, 4) is 11.4 Å². The van der Waals surface area contributed by atoms with E-state index in [1.165, 1.54) is 12.7 Å². The van der Waals surface area contributed by atoms with Crippen molar-refractivity contribution in [3.63, 3.8) is 0 Å². The predicted molar refractivity (Wildman–Crippen MR) is 122 cm³/mol. The fourth-order valence-electron chi connectivity index (χ4n) is 3.73. The minimum absolute atomic E-state index is 0.211. The molecule has 0 bridgehead atoms. The third-order valence-electron chi connectivity index (χ3n) is 5.45. The Morgan fingerprint density at radius 3 is 2.75 bits per heavy atom. The molecular formula is C23H21N5O3S. The van der Waals surface area contributed by atoms with Gasteiger partial charge in [-0.3, -0.25) is 0 Å². The molecule has 2 amide bonds. The lowest BCUT2D eigenvalue weighted by Crippen LogP contribution is -2.38. The van der Waals surface area contributed by atoms with Crippen LogP contribution in [0.2, 0.25) is 0 Å². The maximum absolute atomic E-state index is 12.8. The van der Waals surface area contributed by atoms with Crippen LogP contribution in [0.4, 0.5) is 10.5 Å². The number of anilines is 1. The molecule has 5 rings (SSSR count). The van der Waals surface area contributed by atoms with Crippen LogP contribution in [-0.2, 0) is 17.7 Å². The number of aromatic nitrogens is 3. The van der Waals surface area contributed by atoms with Gasteiger partial charge < -0.3 is 15.0 Å². The molecule has 0 fully saturated rings. The molecule has 0 radical (unpaired) electrons. The molecule has 0 saturated carbocycles. The summed E-state index contributed by atoms with van der Waals surface area (Å²) in [6.45, 7) is 3.12. The van der Waals surface area contributed by atoms with E-state index in [0.717, 1.165) is 21.1 Å². The molecule has 32 heavy (non-hydrogen) atoms. The van der Waals surface area contributed by atoms with E-state index in [-0.39, 0.29) is 6.03 Å². The number of urea groups is 1. The first kappa shape index (κ1) is 20.2. The lowest BCUT2D eigenvalue weighted by atomic mass is 10.1. The van der Waals surface area contributed by atoms with Crippen LogP contribution in [0.3, 0.4) is 0 Å². The first-order chi connectivity index (χ1) is 15.5. The third-order valence-corrected chi connectivity index (χ3v) is 6.51. The van der Waals surface area contributed by atoms with Crippen molar-refractivity contribution in [1.29, 1.82) is 0 Å². The Hall–Kier alpha value is -3.72. The van der Waals surface area contributed by atoms with Crippen molar-refractivity contribution in [3.05, 3.63) is 70.2 Å². The Bertz CT molecular complexity index is 1330. The molecule has 2 aromatic heterocycles. The number of carbonyl (C=O) groups excluding carboxylic acids is 2. The van der Waals surface area contributed by atoms with Gasteiger partial charge in [0.25, 0.3) is 0 Å². The van der Waals surface area contributed by atoms with Crippen molar-refractivity contribution in [1.82, 2.24) is 19.5 Å². The van der Waals surface area contributed by atoms with Crippen molar-refractivity contribution < 1.29 is 14.3 Å². The van der Waals surface area contributed by atoms with Gasteiger partial charge in [0.05, 0.1) is 24.9 Å². The number of nitrogens with zero attached hydrogens (tertiary/aromatic N) is 4. The zero-order valence-corrected chi connectivity index (χ0v) is 18.5. The average molecular weight is 448 g/mol. The summed E-state index contributed by atoms with van der Waals surface area (Å²) in [5.41, 5.74) is 4.23. The lowest BCUT2D eigenvalue weighted by Gasteiger charge is -2.26.